The molecule has 0 aliphatic carbocycles. The Morgan fingerprint density at radius 1 is 1.39 bits per heavy atom. The summed E-state index contributed by atoms with van der Waals surface area (Å²) in [4.78, 5) is 0. The number of hydrogen-bond donors (Lipinski definition) is 1. The highest BCUT2D eigenvalue weighted by Gasteiger charge is 2.11. The fourth-order valence-corrected chi connectivity index (χ4v) is 2.44. The number of unbranched alkanes of at least 4 members (excludes halogenated alkanes) is 1. The van der Waals surface area contributed by atoms with Gasteiger partial charge in [-0.2, -0.15) is 5.10 Å². The molecule has 0 spiro atoms. The van der Waals surface area contributed by atoms with Crippen LogP contribution in [0, 0.1) is 12.8 Å². The summed E-state index contributed by atoms with van der Waals surface area (Å²) in [5.74, 6) is 0.776. The summed E-state index contributed by atoms with van der Waals surface area (Å²) in [6.07, 6.45) is 5.16. The third kappa shape index (κ3) is 4.29. The van der Waals surface area contributed by atoms with Crippen molar-refractivity contribution in [3.63, 3.8) is 0 Å². The van der Waals surface area contributed by atoms with Crippen molar-refractivity contribution in [3.8, 4) is 0 Å². The van der Waals surface area contributed by atoms with Crippen LogP contribution in [0.15, 0.2) is 0 Å². The number of rotatable bonds is 8. The normalized spacial score (nSPS) is 12.9. The first-order valence-electron chi connectivity index (χ1n) is 6.98. The zero-order valence-corrected chi connectivity index (χ0v) is 12.8. The second-order valence-electron chi connectivity index (χ2n) is 5.02. The molecule has 1 aromatic heterocycles. The first kappa shape index (κ1) is 15.5. The van der Waals surface area contributed by atoms with Crippen LogP contribution in [-0.4, -0.2) is 16.3 Å². The molecule has 1 unspecified atom stereocenters. The molecule has 1 aromatic rings. The predicted molar refractivity (Wildman–Crippen MR) is 78.0 cm³/mol. The summed E-state index contributed by atoms with van der Waals surface area (Å²) in [6.45, 7) is 8.33. The lowest BCUT2D eigenvalue weighted by Crippen LogP contribution is -2.23. The van der Waals surface area contributed by atoms with E-state index in [1.54, 1.807) is 0 Å². The molecule has 0 radical (unpaired) electrons. The molecule has 0 bridgehead atoms. The Balaban J connectivity index is 2.40. The number of nitrogens with zero attached hydrogens (tertiary/aromatic N) is 2. The predicted octanol–water partition coefficient (Wildman–Crippen LogP) is 3.69. The first-order chi connectivity index (χ1) is 8.60. The maximum atomic E-state index is 6.22. The summed E-state index contributed by atoms with van der Waals surface area (Å²) in [5, 5.41) is 8.63. The Labute approximate surface area is 116 Å². The highest BCUT2D eigenvalue weighted by atomic mass is 35.5. The SMILES string of the molecule is CCCCC(CC)CNCc1c(Cl)c(C)nn1C. The van der Waals surface area contributed by atoms with E-state index in [0.29, 0.717) is 0 Å². The van der Waals surface area contributed by atoms with Gasteiger partial charge < -0.3 is 5.32 Å². The molecule has 1 heterocycles. The Bertz CT molecular complexity index is 360. The standard InChI is InChI=1S/C14H26ClN3/c1-5-7-8-12(6-2)9-16-10-13-14(15)11(3)17-18(13)4/h12,16H,5-10H2,1-4H3. The maximum absolute atomic E-state index is 6.22. The summed E-state index contributed by atoms with van der Waals surface area (Å²) in [7, 11) is 1.95. The van der Waals surface area contributed by atoms with E-state index >= 15 is 0 Å². The Morgan fingerprint density at radius 2 is 2.11 bits per heavy atom. The molecule has 0 aromatic carbocycles. The molecular formula is C14H26ClN3. The lowest BCUT2D eigenvalue weighted by molar-refractivity contribution is 0.416. The minimum atomic E-state index is 0.776. The van der Waals surface area contributed by atoms with E-state index in [1.807, 2.05) is 18.7 Å². The van der Waals surface area contributed by atoms with Gasteiger partial charge in [-0.1, -0.05) is 44.7 Å². The van der Waals surface area contributed by atoms with Crippen molar-refractivity contribution in [1.82, 2.24) is 15.1 Å². The average Bonchev–Trinajstić information content (AvgIpc) is 2.59. The van der Waals surface area contributed by atoms with Crippen molar-refractivity contribution >= 4 is 11.6 Å². The molecule has 18 heavy (non-hydrogen) atoms. The second kappa shape index (κ2) is 7.80. The summed E-state index contributed by atoms with van der Waals surface area (Å²) >= 11 is 6.22. The van der Waals surface area contributed by atoms with Crippen LogP contribution in [0.1, 0.15) is 50.9 Å². The Morgan fingerprint density at radius 3 is 2.61 bits per heavy atom. The molecule has 0 amide bonds. The van der Waals surface area contributed by atoms with Gasteiger partial charge >= 0.3 is 0 Å². The van der Waals surface area contributed by atoms with Crippen LogP contribution in [-0.2, 0) is 13.6 Å². The zero-order valence-electron chi connectivity index (χ0n) is 12.1. The molecule has 0 saturated carbocycles. The van der Waals surface area contributed by atoms with Gasteiger partial charge in [-0.05, 0) is 25.8 Å². The molecule has 1 atom stereocenters. The highest BCUT2D eigenvalue weighted by Crippen LogP contribution is 2.19. The van der Waals surface area contributed by atoms with Crippen molar-refractivity contribution < 1.29 is 0 Å². The van der Waals surface area contributed by atoms with E-state index < -0.39 is 0 Å². The van der Waals surface area contributed by atoms with Gasteiger partial charge in [-0.15, -0.1) is 0 Å². The smallest absolute Gasteiger partial charge is 0.0860 e. The third-order valence-corrected chi connectivity index (χ3v) is 4.02. The number of aromatic nitrogens is 2. The topological polar surface area (TPSA) is 29.9 Å². The quantitative estimate of drug-likeness (QED) is 0.782. The van der Waals surface area contributed by atoms with Crippen LogP contribution < -0.4 is 5.32 Å². The van der Waals surface area contributed by atoms with Gasteiger partial charge in [0.2, 0.25) is 0 Å². The zero-order chi connectivity index (χ0) is 13.5. The van der Waals surface area contributed by atoms with Crippen LogP contribution in [0.2, 0.25) is 5.02 Å². The monoisotopic (exact) mass is 271 g/mol. The van der Waals surface area contributed by atoms with Gasteiger partial charge in [0.25, 0.3) is 0 Å². The largest absolute Gasteiger partial charge is 0.311 e. The van der Waals surface area contributed by atoms with Gasteiger partial charge in [-0.25, -0.2) is 0 Å². The van der Waals surface area contributed by atoms with Crippen molar-refractivity contribution in [1.29, 1.82) is 0 Å². The number of aryl methyl sites for hydroxylation is 2. The van der Waals surface area contributed by atoms with Crippen LogP contribution in [0.3, 0.4) is 0 Å². The number of hydrogen-bond acceptors (Lipinski definition) is 2. The number of nitrogens with one attached hydrogen (secondary N) is 1. The third-order valence-electron chi connectivity index (χ3n) is 3.53. The van der Waals surface area contributed by atoms with E-state index in [2.05, 4.69) is 24.3 Å². The second-order valence-corrected chi connectivity index (χ2v) is 5.40. The molecule has 104 valence electrons. The van der Waals surface area contributed by atoms with Gasteiger partial charge in [0.1, 0.15) is 0 Å². The summed E-state index contributed by atoms with van der Waals surface area (Å²) < 4.78 is 1.87. The minimum absolute atomic E-state index is 0.776. The number of halogens is 1. The molecule has 1 rings (SSSR count). The first-order valence-corrected chi connectivity index (χ1v) is 7.36. The van der Waals surface area contributed by atoms with Crippen molar-refractivity contribution in [2.75, 3.05) is 6.54 Å². The van der Waals surface area contributed by atoms with Crippen LogP contribution in [0.25, 0.3) is 0 Å². The summed E-state index contributed by atoms with van der Waals surface area (Å²) in [6, 6.07) is 0. The van der Waals surface area contributed by atoms with Crippen LogP contribution >= 0.6 is 11.6 Å². The molecule has 0 saturated heterocycles. The lowest BCUT2D eigenvalue weighted by atomic mass is 9.99. The van der Waals surface area contributed by atoms with E-state index in [1.165, 1.54) is 25.7 Å². The summed E-state index contributed by atoms with van der Waals surface area (Å²) in [5.41, 5.74) is 1.99. The van der Waals surface area contributed by atoms with E-state index in [0.717, 1.165) is 35.4 Å². The lowest BCUT2D eigenvalue weighted by Gasteiger charge is -2.15. The minimum Gasteiger partial charge on any atom is -0.311 e. The highest BCUT2D eigenvalue weighted by molar-refractivity contribution is 6.31. The molecule has 1 N–H and O–H groups in total. The molecule has 0 aliphatic heterocycles. The van der Waals surface area contributed by atoms with E-state index in [9.17, 15) is 0 Å². The molecule has 3 nitrogen and oxygen atoms in total. The van der Waals surface area contributed by atoms with Crippen molar-refractivity contribution in [2.24, 2.45) is 13.0 Å². The molecule has 0 aliphatic rings. The fourth-order valence-electron chi connectivity index (χ4n) is 2.21. The fraction of sp³-hybridized carbons (Fsp3) is 0.786. The molecule has 4 heteroatoms. The van der Waals surface area contributed by atoms with Crippen molar-refractivity contribution in [2.45, 2.75) is 53.0 Å². The van der Waals surface area contributed by atoms with Gasteiger partial charge in [0, 0.05) is 13.6 Å². The van der Waals surface area contributed by atoms with Gasteiger partial charge in [0.15, 0.2) is 0 Å². The maximum Gasteiger partial charge on any atom is 0.0860 e. The van der Waals surface area contributed by atoms with Gasteiger partial charge in [0.05, 0.1) is 16.4 Å². The van der Waals surface area contributed by atoms with E-state index in [-0.39, 0.29) is 0 Å². The average molecular weight is 272 g/mol. The molecular weight excluding hydrogens is 246 g/mol. The van der Waals surface area contributed by atoms with Crippen LogP contribution in [0.5, 0.6) is 0 Å². The van der Waals surface area contributed by atoms with Gasteiger partial charge in [-0.3, -0.25) is 4.68 Å². The van der Waals surface area contributed by atoms with Crippen LogP contribution in [0.4, 0.5) is 0 Å². The molecule has 0 fully saturated rings. The van der Waals surface area contributed by atoms with Crippen molar-refractivity contribution in [3.05, 3.63) is 16.4 Å². The Kier molecular flexibility index (Phi) is 6.72. The Hall–Kier alpha value is -0.540. The van der Waals surface area contributed by atoms with E-state index in [4.69, 9.17) is 11.6 Å².